The maximum atomic E-state index is 12.7. The molecule has 1 aliphatic rings. The van der Waals surface area contributed by atoms with E-state index in [0.717, 1.165) is 11.1 Å². The molecule has 1 atom stereocenters. The highest BCUT2D eigenvalue weighted by molar-refractivity contribution is 6.16. The Kier molecular flexibility index (Phi) is 4.55. The van der Waals surface area contributed by atoms with Gasteiger partial charge in [-0.05, 0) is 48.2 Å². The number of phenolic OH excluding ortho intramolecular Hbond substituents is 1. The zero-order valence-corrected chi connectivity index (χ0v) is 14.9. The summed E-state index contributed by atoms with van der Waals surface area (Å²) in [6.07, 6.45) is 0. The Morgan fingerprint density at radius 1 is 1.00 bits per heavy atom. The first-order chi connectivity index (χ1) is 12.3. The first-order valence-electron chi connectivity index (χ1n) is 8.47. The Morgan fingerprint density at radius 2 is 1.58 bits per heavy atom. The van der Waals surface area contributed by atoms with Gasteiger partial charge in [-0.25, -0.2) is 0 Å². The molecule has 0 saturated heterocycles. The van der Waals surface area contributed by atoms with Crippen LogP contribution >= 0.6 is 0 Å². The average molecular weight is 351 g/mol. The van der Waals surface area contributed by atoms with E-state index in [1.54, 1.807) is 12.1 Å². The van der Waals surface area contributed by atoms with Gasteiger partial charge in [0.05, 0.1) is 11.6 Å². The number of anilines is 1. The fourth-order valence-corrected chi connectivity index (χ4v) is 3.22. The Bertz CT molecular complexity index is 879. The van der Waals surface area contributed by atoms with Crippen LogP contribution in [0.2, 0.25) is 0 Å². The number of rotatable bonds is 4. The van der Waals surface area contributed by atoms with E-state index in [1.807, 2.05) is 24.3 Å². The molecule has 134 valence electrons. The monoisotopic (exact) mass is 351 g/mol. The van der Waals surface area contributed by atoms with Gasteiger partial charge in [-0.15, -0.1) is 0 Å². The Labute approximate surface area is 152 Å². The van der Waals surface area contributed by atoms with Crippen LogP contribution in [0.1, 0.15) is 43.9 Å². The fourth-order valence-electron chi connectivity index (χ4n) is 3.22. The lowest BCUT2D eigenvalue weighted by Crippen LogP contribution is -2.30. The Balaban J connectivity index is 2.12. The van der Waals surface area contributed by atoms with Crippen molar-refractivity contribution in [2.45, 2.75) is 32.7 Å². The van der Waals surface area contributed by atoms with Crippen molar-refractivity contribution >= 4 is 17.4 Å². The second-order valence-corrected chi connectivity index (χ2v) is 6.73. The summed E-state index contributed by atoms with van der Waals surface area (Å²) < 4.78 is 0. The second-order valence-electron chi connectivity index (χ2n) is 6.73. The van der Waals surface area contributed by atoms with Crippen LogP contribution in [0.5, 0.6) is 5.75 Å². The molecule has 26 heavy (non-hydrogen) atoms. The minimum Gasteiger partial charge on any atom is -0.508 e. The minimum absolute atomic E-state index is 0.0715. The standard InChI is InChI=1S/C21H21NO4/c1-12(2)14-4-6-15(7-5-14)19-18(13(3)23)20(25)21(26)22(19)16-8-10-17(24)11-9-16/h4-12,19,24-25H,1-3H3/t19-/m0/s1. The van der Waals surface area contributed by atoms with Crippen LogP contribution in [0.25, 0.3) is 0 Å². The molecule has 1 amide bonds. The van der Waals surface area contributed by atoms with Crippen LogP contribution in [0.15, 0.2) is 59.9 Å². The van der Waals surface area contributed by atoms with Gasteiger partial charge in [0, 0.05) is 5.69 Å². The molecule has 0 aromatic heterocycles. The summed E-state index contributed by atoms with van der Waals surface area (Å²) in [5.74, 6) is -1.07. The molecular formula is C21H21NO4. The normalized spacial score (nSPS) is 17.3. The molecule has 0 fully saturated rings. The van der Waals surface area contributed by atoms with Crippen molar-refractivity contribution < 1.29 is 19.8 Å². The van der Waals surface area contributed by atoms with Crippen LogP contribution < -0.4 is 4.90 Å². The number of carbonyl (C=O) groups is 2. The highest BCUT2D eigenvalue weighted by Crippen LogP contribution is 2.41. The highest BCUT2D eigenvalue weighted by atomic mass is 16.3. The quantitative estimate of drug-likeness (QED) is 0.873. The number of amides is 1. The third-order valence-electron chi connectivity index (χ3n) is 4.63. The van der Waals surface area contributed by atoms with Gasteiger partial charge in [0.25, 0.3) is 5.91 Å². The molecule has 3 rings (SSSR count). The van der Waals surface area contributed by atoms with Crippen molar-refractivity contribution in [3.63, 3.8) is 0 Å². The van der Waals surface area contributed by atoms with Gasteiger partial charge in [-0.3, -0.25) is 14.5 Å². The zero-order chi connectivity index (χ0) is 19.0. The predicted molar refractivity (Wildman–Crippen MR) is 99.2 cm³/mol. The molecule has 0 radical (unpaired) electrons. The largest absolute Gasteiger partial charge is 0.508 e. The molecule has 2 aromatic carbocycles. The SMILES string of the molecule is CC(=O)C1=C(O)C(=O)N(c2ccc(O)cc2)[C@H]1c1ccc(C(C)C)cc1. The van der Waals surface area contributed by atoms with E-state index < -0.39 is 17.7 Å². The molecule has 0 unspecified atom stereocenters. The Morgan fingerprint density at radius 3 is 2.08 bits per heavy atom. The minimum atomic E-state index is -0.703. The lowest BCUT2D eigenvalue weighted by molar-refractivity contribution is -0.117. The number of phenols is 1. The van der Waals surface area contributed by atoms with Gasteiger partial charge in [-0.2, -0.15) is 0 Å². The maximum absolute atomic E-state index is 12.7. The molecular weight excluding hydrogens is 330 g/mol. The van der Waals surface area contributed by atoms with Crippen LogP contribution in [0.4, 0.5) is 5.69 Å². The predicted octanol–water partition coefficient (Wildman–Crippen LogP) is 4.00. The topological polar surface area (TPSA) is 77.8 Å². The van der Waals surface area contributed by atoms with Gasteiger partial charge in [0.2, 0.25) is 0 Å². The molecule has 5 heteroatoms. The molecule has 1 heterocycles. The smallest absolute Gasteiger partial charge is 0.294 e. The molecule has 1 aliphatic heterocycles. The lowest BCUT2D eigenvalue weighted by Gasteiger charge is -2.27. The number of Topliss-reactive ketones (excluding diaryl/α,β-unsaturated/α-hetero) is 1. The highest BCUT2D eigenvalue weighted by Gasteiger charge is 2.43. The number of aliphatic hydroxyl groups is 1. The molecule has 0 bridgehead atoms. The third-order valence-corrected chi connectivity index (χ3v) is 4.63. The van der Waals surface area contributed by atoms with Gasteiger partial charge < -0.3 is 10.2 Å². The van der Waals surface area contributed by atoms with Gasteiger partial charge in [0.1, 0.15) is 5.75 Å². The second kappa shape index (κ2) is 6.67. The number of aromatic hydroxyl groups is 1. The molecule has 0 spiro atoms. The van der Waals surface area contributed by atoms with Crippen molar-refractivity contribution in [3.8, 4) is 5.75 Å². The first kappa shape index (κ1) is 17.7. The van der Waals surface area contributed by atoms with Gasteiger partial charge in [0.15, 0.2) is 11.5 Å². The zero-order valence-electron chi connectivity index (χ0n) is 14.9. The molecule has 2 N–H and O–H groups in total. The number of nitrogens with zero attached hydrogens (tertiary/aromatic N) is 1. The van der Waals surface area contributed by atoms with E-state index in [9.17, 15) is 19.8 Å². The maximum Gasteiger partial charge on any atom is 0.294 e. The van der Waals surface area contributed by atoms with Crippen LogP contribution in [-0.4, -0.2) is 21.9 Å². The molecule has 5 nitrogen and oxygen atoms in total. The van der Waals surface area contributed by atoms with Crippen molar-refractivity contribution in [2.75, 3.05) is 4.90 Å². The number of hydrogen-bond donors (Lipinski definition) is 2. The molecule has 0 aliphatic carbocycles. The summed E-state index contributed by atoms with van der Waals surface area (Å²) in [7, 11) is 0. The Hall–Kier alpha value is -3.08. The van der Waals surface area contributed by atoms with E-state index >= 15 is 0 Å². The van der Waals surface area contributed by atoms with E-state index in [1.165, 1.54) is 24.0 Å². The first-order valence-corrected chi connectivity index (χ1v) is 8.47. The van der Waals surface area contributed by atoms with Crippen molar-refractivity contribution in [3.05, 3.63) is 71.0 Å². The summed E-state index contributed by atoms with van der Waals surface area (Å²) in [5.41, 5.74) is 2.46. The van der Waals surface area contributed by atoms with Gasteiger partial charge in [-0.1, -0.05) is 38.1 Å². The number of benzene rings is 2. The summed E-state index contributed by atoms with van der Waals surface area (Å²) in [6, 6.07) is 13.1. The van der Waals surface area contributed by atoms with E-state index in [0.29, 0.717) is 11.6 Å². The van der Waals surface area contributed by atoms with E-state index in [4.69, 9.17) is 0 Å². The van der Waals surface area contributed by atoms with Crippen LogP contribution in [-0.2, 0) is 9.59 Å². The molecule has 0 saturated carbocycles. The van der Waals surface area contributed by atoms with E-state index in [2.05, 4.69) is 13.8 Å². The summed E-state index contributed by atoms with van der Waals surface area (Å²) >= 11 is 0. The van der Waals surface area contributed by atoms with E-state index in [-0.39, 0.29) is 17.1 Å². The van der Waals surface area contributed by atoms with Gasteiger partial charge >= 0.3 is 0 Å². The number of hydrogen-bond acceptors (Lipinski definition) is 4. The summed E-state index contributed by atoms with van der Waals surface area (Å²) in [4.78, 5) is 26.2. The van der Waals surface area contributed by atoms with Crippen molar-refractivity contribution in [1.29, 1.82) is 0 Å². The van der Waals surface area contributed by atoms with Crippen LogP contribution in [0.3, 0.4) is 0 Å². The molecule has 2 aromatic rings. The summed E-state index contributed by atoms with van der Waals surface area (Å²) in [6.45, 7) is 5.52. The number of aliphatic hydroxyl groups excluding tert-OH is 1. The summed E-state index contributed by atoms with van der Waals surface area (Å²) in [5, 5.41) is 19.8. The third kappa shape index (κ3) is 2.96. The fraction of sp³-hybridized carbons (Fsp3) is 0.238. The lowest BCUT2D eigenvalue weighted by atomic mass is 9.94. The average Bonchev–Trinajstić information content (AvgIpc) is 2.87. The number of ketones is 1. The van der Waals surface area contributed by atoms with Crippen molar-refractivity contribution in [2.24, 2.45) is 0 Å². The van der Waals surface area contributed by atoms with Crippen LogP contribution in [0, 0.1) is 0 Å². The number of carbonyl (C=O) groups excluding carboxylic acids is 2. The van der Waals surface area contributed by atoms with Crippen molar-refractivity contribution in [1.82, 2.24) is 0 Å².